The second kappa shape index (κ2) is 7.47. The Balaban J connectivity index is 2.62. The number of amides is 1. The summed E-state index contributed by atoms with van der Waals surface area (Å²) in [6, 6.07) is -0.0960. The van der Waals surface area contributed by atoms with E-state index in [2.05, 4.69) is 4.74 Å². The zero-order valence-electron chi connectivity index (χ0n) is 13.6. The van der Waals surface area contributed by atoms with Crippen LogP contribution < -0.4 is 0 Å². The summed E-state index contributed by atoms with van der Waals surface area (Å²) in [6.07, 6.45) is 1.82. The first kappa shape index (κ1) is 18.3. The van der Waals surface area contributed by atoms with Crippen molar-refractivity contribution in [3.63, 3.8) is 0 Å². The van der Waals surface area contributed by atoms with Gasteiger partial charge in [0.05, 0.1) is 7.11 Å². The van der Waals surface area contributed by atoms with Crippen LogP contribution in [-0.4, -0.2) is 53.3 Å². The molecule has 1 N–H and O–H groups in total. The lowest BCUT2D eigenvalue weighted by Crippen LogP contribution is -2.40. The predicted octanol–water partition coefficient (Wildman–Crippen LogP) is 2.04. The second-order valence-electron chi connectivity index (χ2n) is 6.46. The van der Waals surface area contributed by atoms with Gasteiger partial charge in [-0.05, 0) is 46.5 Å². The molecule has 0 radical (unpaired) electrons. The molecule has 0 spiro atoms. The quantitative estimate of drug-likeness (QED) is 0.616. The molecule has 1 fully saturated rings. The molecule has 7 nitrogen and oxygen atoms in total. The monoisotopic (exact) mass is 315 g/mol. The van der Waals surface area contributed by atoms with Crippen molar-refractivity contribution in [3.05, 3.63) is 0 Å². The van der Waals surface area contributed by atoms with E-state index < -0.39 is 23.5 Å². The second-order valence-corrected chi connectivity index (χ2v) is 6.46. The molecule has 1 unspecified atom stereocenters. The van der Waals surface area contributed by atoms with Crippen LogP contribution in [0.3, 0.4) is 0 Å². The summed E-state index contributed by atoms with van der Waals surface area (Å²) in [6.45, 7) is 5.99. The summed E-state index contributed by atoms with van der Waals surface area (Å²) >= 11 is 0. The van der Waals surface area contributed by atoms with E-state index in [0.29, 0.717) is 13.0 Å². The Morgan fingerprint density at radius 1 is 1.32 bits per heavy atom. The van der Waals surface area contributed by atoms with Gasteiger partial charge in [-0.1, -0.05) is 0 Å². The number of nitrogens with zero attached hydrogens (tertiary/aromatic N) is 1. The van der Waals surface area contributed by atoms with Crippen molar-refractivity contribution in [2.24, 2.45) is 5.92 Å². The molecule has 1 aliphatic rings. The Morgan fingerprint density at radius 2 is 1.95 bits per heavy atom. The fourth-order valence-corrected chi connectivity index (χ4v) is 2.54. The van der Waals surface area contributed by atoms with Crippen LogP contribution in [0, 0.1) is 5.92 Å². The highest BCUT2D eigenvalue weighted by Crippen LogP contribution is 2.25. The number of rotatable bonds is 5. The van der Waals surface area contributed by atoms with Crippen LogP contribution in [0.2, 0.25) is 0 Å². The SMILES string of the molecule is COC(=O)[C@@H](CCC1CCCN1C(=O)OC(C)(C)C)C(=O)O. The van der Waals surface area contributed by atoms with E-state index >= 15 is 0 Å². The maximum absolute atomic E-state index is 12.1. The van der Waals surface area contributed by atoms with Crippen LogP contribution in [0.1, 0.15) is 46.5 Å². The largest absolute Gasteiger partial charge is 0.481 e. The molecule has 1 heterocycles. The lowest BCUT2D eigenvalue weighted by atomic mass is 9.99. The van der Waals surface area contributed by atoms with Crippen molar-refractivity contribution >= 4 is 18.0 Å². The van der Waals surface area contributed by atoms with Gasteiger partial charge >= 0.3 is 18.0 Å². The zero-order chi connectivity index (χ0) is 16.9. The van der Waals surface area contributed by atoms with Crippen LogP contribution in [0.15, 0.2) is 0 Å². The lowest BCUT2D eigenvalue weighted by molar-refractivity contribution is -0.157. The first-order chi connectivity index (χ1) is 10.2. The van der Waals surface area contributed by atoms with E-state index in [1.54, 1.807) is 25.7 Å². The number of hydrogen-bond acceptors (Lipinski definition) is 5. The minimum absolute atomic E-state index is 0.0960. The van der Waals surface area contributed by atoms with Crippen LogP contribution >= 0.6 is 0 Å². The zero-order valence-corrected chi connectivity index (χ0v) is 13.6. The number of likely N-dealkylation sites (tertiary alicyclic amines) is 1. The van der Waals surface area contributed by atoms with Crippen LogP contribution in [0.25, 0.3) is 0 Å². The van der Waals surface area contributed by atoms with Crippen molar-refractivity contribution < 1.29 is 29.0 Å². The number of hydrogen-bond donors (Lipinski definition) is 1. The Bertz CT molecular complexity index is 428. The minimum Gasteiger partial charge on any atom is -0.481 e. The van der Waals surface area contributed by atoms with E-state index in [-0.39, 0.29) is 18.6 Å². The molecular formula is C15H25NO6. The van der Waals surface area contributed by atoms with Gasteiger partial charge in [0.1, 0.15) is 5.60 Å². The Kier molecular flexibility index (Phi) is 6.20. The summed E-state index contributed by atoms with van der Waals surface area (Å²) in [4.78, 5) is 36.3. The van der Waals surface area contributed by atoms with Crippen molar-refractivity contribution in [2.75, 3.05) is 13.7 Å². The highest BCUT2D eigenvalue weighted by atomic mass is 16.6. The van der Waals surface area contributed by atoms with E-state index in [9.17, 15) is 14.4 Å². The molecule has 0 aromatic rings. The lowest BCUT2D eigenvalue weighted by Gasteiger charge is -2.29. The van der Waals surface area contributed by atoms with Gasteiger partial charge in [-0.25, -0.2) is 4.79 Å². The standard InChI is InChI=1S/C15H25NO6/c1-15(2,3)22-14(20)16-9-5-6-10(16)7-8-11(12(17)18)13(19)21-4/h10-11H,5-9H2,1-4H3,(H,17,18)/t10?,11-/m0/s1. The topological polar surface area (TPSA) is 93.1 Å². The summed E-state index contributed by atoms with van der Waals surface area (Å²) in [5.74, 6) is -3.14. The van der Waals surface area contributed by atoms with E-state index in [4.69, 9.17) is 9.84 Å². The molecular weight excluding hydrogens is 290 g/mol. The molecule has 1 amide bonds. The van der Waals surface area contributed by atoms with E-state index in [1.165, 1.54) is 7.11 Å². The Labute approximate surface area is 130 Å². The first-order valence-corrected chi connectivity index (χ1v) is 7.46. The van der Waals surface area contributed by atoms with Gasteiger partial charge in [0.25, 0.3) is 0 Å². The normalized spacial score (nSPS) is 19.6. The number of carbonyl (C=O) groups is 3. The third kappa shape index (κ3) is 5.20. The molecule has 7 heteroatoms. The number of esters is 1. The van der Waals surface area contributed by atoms with Crippen LogP contribution in [-0.2, 0) is 19.1 Å². The van der Waals surface area contributed by atoms with Gasteiger partial charge < -0.3 is 19.5 Å². The molecule has 0 aromatic heterocycles. The molecule has 0 bridgehead atoms. The van der Waals surface area contributed by atoms with Crippen LogP contribution in [0.5, 0.6) is 0 Å². The van der Waals surface area contributed by atoms with Gasteiger partial charge in [0.15, 0.2) is 5.92 Å². The molecule has 0 saturated carbocycles. The van der Waals surface area contributed by atoms with Crippen molar-refractivity contribution in [2.45, 2.75) is 58.1 Å². The van der Waals surface area contributed by atoms with Gasteiger partial charge in [-0.3, -0.25) is 9.59 Å². The van der Waals surface area contributed by atoms with Crippen molar-refractivity contribution in [1.29, 1.82) is 0 Å². The number of methoxy groups -OCH3 is 1. The van der Waals surface area contributed by atoms with Crippen molar-refractivity contribution in [1.82, 2.24) is 4.90 Å². The summed E-state index contributed by atoms with van der Waals surface area (Å²) in [7, 11) is 1.17. The molecule has 22 heavy (non-hydrogen) atoms. The predicted molar refractivity (Wildman–Crippen MR) is 78.3 cm³/mol. The molecule has 0 aliphatic carbocycles. The number of carbonyl (C=O) groups excluding carboxylic acids is 2. The van der Waals surface area contributed by atoms with Gasteiger partial charge in [-0.15, -0.1) is 0 Å². The summed E-state index contributed by atoms with van der Waals surface area (Å²) in [5.41, 5.74) is -0.570. The molecule has 126 valence electrons. The van der Waals surface area contributed by atoms with Crippen molar-refractivity contribution in [3.8, 4) is 0 Å². The number of carboxylic acid groups (broad SMARTS) is 1. The third-order valence-corrected chi connectivity index (χ3v) is 3.58. The third-order valence-electron chi connectivity index (χ3n) is 3.58. The molecule has 2 atom stereocenters. The minimum atomic E-state index is -1.20. The molecule has 1 rings (SSSR count). The summed E-state index contributed by atoms with van der Waals surface area (Å²) in [5, 5.41) is 9.07. The highest BCUT2D eigenvalue weighted by molar-refractivity contribution is 5.93. The van der Waals surface area contributed by atoms with E-state index in [1.807, 2.05) is 0 Å². The molecule has 1 aliphatic heterocycles. The first-order valence-electron chi connectivity index (χ1n) is 7.46. The number of aliphatic carboxylic acids is 1. The fraction of sp³-hybridized carbons (Fsp3) is 0.800. The number of carboxylic acids is 1. The maximum Gasteiger partial charge on any atom is 0.410 e. The average molecular weight is 315 g/mol. The number of ether oxygens (including phenoxy) is 2. The molecule has 1 saturated heterocycles. The highest BCUT2D eigenvalue weighted by Gasteiger charge is 2.34. The Hall–Kier alpha value is -1.79. The van der Waals surface area contributed by atoms with E-state index in [0.717, 1.165) is 12.8 Å². The van der Waals surface area contributed by atoms with Crippen LogP contribution in [0.4, 0.5) is 4.79 Å². The van der Waals surface area contributed by atoms with Gasteiger partial charge in [0, 0.05) is 12.6 Å². The fourth-order valence-electron chi connectivity index (χ4n) is 2.54. The summed E-state index contributed by atoms with van der Waals surface area (Å²) < 4.78 is 9.86. The van der Waals surface area contributed by atoms with Gasteiger partial charge in [0.2, 0.25) is 0 Å². The Morgan fingerprint density at radius 3 is 2.45 bits per heavy atom. The average Bonchev–Trinajstić information content (AvgIpc) is 2.84. The smallest absolute Gasteiger partial charge is 0.410 e. The van der Waals surface area contributed by atoms with Gasteiger partial charge in [-0.2, -0.15) is 0 Å². The maximum atomic E-state index is 12.1. The molecule has 0 aromatic carbocycles.